The van der Waals surface area contributed by atoms with Gasteiger partial charge in [-0.2, -0.15) is 0 Å². The van der Waals surface area contributed by atoms with Crippen LogP contribution >= 0.6 is 11.8 Å². The fourth-order valence-electron chi connectivity index (χ4n) is 3.57. The predicted molar refractivity (Wildman–Crippen MR) is 123 cm³/mol. The number of hydrogen-bond acceptors (Lipinski definition) is 3. The Morgan fingerprint density at radius 1 is 0.967 bits per heavy atom. The number of nitrogens with zero attached hydrogens (tertiary/aromatic N) is 1. The number of aryl methyl sites for hydroxylation is 1. The predicted octanol–water partition coefficient (Wildman–Crippen LogP) is 4.94. The lowest BCUT2D eigenvalue weighted by Crippen LogP contribution is -2.46. The SMILES string of the molecule is Cc1cccc(NC(=O)NC2SC(c3ccccc3)c3ccccc3N(C)C2=O)c1. The van der Waals surface area contributed by atoms with E-state index in [9.17, 15) is 9.59 Å². The van der Waals surface area contributed by atoms with Crippen LogP contribution in [0.1, 0.15) is 21.9 Å². The number of nitrogens with one attached hydrogen (secondary N) is 2. The molecule has 0 radical (unpaired) electrons. The summed E-state index contributed by atoms with van der Waals surface area (Å²) in [6, 6.07) is 25.1. The van der Waals surface area contributed by atoms with Crippen LogP contribution in [-0.2, 0) is 4.79 Å². The molecule has 0 aliphatic carbocycles. The summed E-state index contributed by atoms with van der Waals surface area (Å²) in [6.07, 6.45) is 0. The molecule has 4 rings (SSSR count). The molecule has 2 atom stereocenters. The lowest BCUT2D eigenvalue weighted by atomic mass is 10.0. The lowest BCUT2D eigenvalue weighted by Gasteiger charge is -2.22. The topological polar surface area (TPSA) is 61.4 Å². The number of carbonyl (C=O) groups excluding carboxylic acids is 2. The van der Waals surface area contributed by atoms with E-state index in [4.69, 9.17) is 0 Å². The summed E-state index contributed by atoms with van der Waals surface area (Å²) in [5.41, 5.74) is 4.73. The Labute approximate surface area is 180 Å². The van der Waals surface area contributed by atoms with Gasteiger partial charge in [-0.05, 0) is 41.8 Å². The normalized spacial score (nSPS) is 18.3. The van der Waals surface area contributed by atoms with Gasteiger partial charge in [0.05, 0.1) is 5.25 Å². The molecular formula is C24H23N3O2S. The van der Waals surface area contributed by atoms with Gasteiger partial charge in [0, 0.05) is 18.4 Å². The molecule has 1 aliphatic rings. The highest BCUT2D eigenvalue weighted by Gasteiger charge is 2.35. The van der Waals surface area contributed by atoms with Gasteiger partial charge in [-0.3, -0.25) is 4.79 Å². The van der Waals surface area contributed by atoms with Crippen molar-refractivity contribution < 1.29 is 9.59 Å². The van der Waals surface area contributed by atoms with Crippen molar-refractivity contribution in [2.24, 2.45) is 0 Å². The quantitative estimate of drug-likeness (QED) is 0.634. The van der Waals surface area contributed by atoms with Crippen molar-refractivity contribution in [2.45, 2.75) is 17.5 Å². The zero-order valence-electron chi connectivity index (χ0n) is 16.8. The number of hydrogen-bond donors (Lipinski definition) is 2. The number of thioether (sulfide) groups is 1. The van der Waals surface area contributed by atoms with Crippen LogP contribution in [0.2, 0.25) is 0 Å². The molecule has 0 aromatic heterocycles. The van der Waals surface area contributed by atoms with Gasteiger partial charge in [-0.15, -0.1) is 11.8 Å². The smallest absolute Gasteiger partial charge is 0.317 e. The first-order chi connectivity index (χ1) is 14.5. The number of carbonyl (C=O) groups is 2. The Morgan fingerprint density at radius 2 is 1.70 bits per heavy atom. The Bertz CT molecular complexity index is 1070. The second-order valence-corrected chi connectivity index (χ2v) is 8.45. The molecule has 0 bridgehead atoms. The number of amides is 3. The van der Waals surface area contributed by atoms with E-state index >= 15 is 0 Å². The van der Waals surface area contributed by atoms with Crippen LogP contribution in [-0.4, -0.2) is 24.4 Å². The molecule has 152 valence electrons. The van der Waals surface area contributed by atoms with Crippen molar-refractivity contribution in [3.63, 3.8) is 0 Å². The zero-order chi connectivity index (χ0) is 21.1. The van der Waals surface area contributed by atoms with E-state index in [0.717, 1.165) is 22.4 Å². The monoisotopic (exact) mass is 417 g/mol. The molecule has 0 spiro atoms. The van der Waals surface area contributed by atoms with Crippen LogP contribution in [0.3, 0.4) is 0 Å². The highest BCUT2D eigenvalue weighted by atomic mass is 32.2. The minimum Gasteiger partial charge on any atom is -0.317 e. The van der Waals surface area contributed by atoms with Crippen molar-refractivity contribution in [1.29, 1.82) is 0 Å². The number of urea groups is 1. The third-order valence-corrected chi connectivity index (χ3v) is 6.44. The van der Waals surface area contributed by atoms with Gasteiger partial charge >= 0.3 is 6.03 Å². The summed E-state index contributed by atoms with van der Waals surface area (Å²) < 4.78 is 0. The number of rotatable bonds is 3. The van der Waals surface area contributed by atoms with Crippen molar-refractivity contribution in [3.8, 4) is 0 Å². The van der Waals surface area contributed by atoms with Crippen molar-refractivity contribution >= 4 is 35.1 Å². The molecule has 6 heteroatoms. The second-order valence-electron chi connectivity index (χ2n) is 7.23. The molecule has 3 aromatic rings. The van der Waals surface area contributed by atoms with Crippen LogP contribution in [0.4, 0.5) is 16.2 Å². The van der Waals surface area contributed by atoms with E-state index in [1.807, 2.05) is 85.8 Å². The fraction of sp³-hybridized carbons (Fsp3) is 0.167. The van der Waals surface area contributed by atoms with Crippen LogP contribution in [0, 0.1) is 6.92 Å². The summed E-state index contributed by atoms with van der Waals surface area (Å²) in [5, 5.41) is 4.88. The van der Waals surface area contributed by atoms with Crippen LogP contribution in [0.15, 0.2) is 78.9 Å². The van der Waals surface area contributed by atoms with E-state index < -0.39 is 11.4 Å². The molecule has 1 heterocycles. The van der Waals surface area contributed by atoms with E-state index in [0.29, 0.717) is 5.69 Å². The maximum Gasteiger partial charge on any atom is 0.320 e. The Kier molecular flexibility index (Phi) is 5.77. The summed E-state index contributed by atoms with van der Waals surface area (Å²) in [4.78, 5) is 27.5. The van der Waals surface area contributed by atoms with Crippen molar-refractivity contribution in [1.82, 2.24) is 5.32 Å². The van der Waals surface area contributed by atoms with E-state index in [1.165, 1.54) is 11.8 Å². The summed E-state index contributed by atoms with van der Waals surface area (Å²) in [6.45, 7) is 1.96. The third kappa shape index (κ3) is 4.19. The number of anilines is 2. The first kappa shape index (κ1) is 20.0. The minimum absolute atomic E-state index is 0.0828. The minimum atomic E-state index is -0.725. The molecule has 5 nitrogen and oxygen atoms in total. The van der Waals surface area contributed by atoms with E-state index in [2.05, 4.69) is 10.6 Å². The molecule has 3 aromatic carbocycles. The second kappa shape index (κ2) is 8.63. The summed E-state index contributed by atoms with van der Waals surface area (Å²) in [7, 11) is 1.75. The number of para-hydroxylation sites is 1. The molecule has 0 saturated carbocycles. The van der Waals surface area contributed by atoms with Gasteiger partial charge < -0.3 is 15.5 Å². The molecular weight excluding hydrogens is 394 g/mol. The average molecular weight is 418 g/mol. The molecule has 3 amide bonds. The van der Waals surface area contributed by atoms with Crippen LogP contribution < -0.4 is 15.5 Å². The standard InChI is InChI=1S/C24H23N3O2S/c1-16-9-8-12-18(15-16)25-24(29)26-22-23(28)27(2)20-14-7-6-13-19(20)21(30-22)17-10-4-3-5-11-17/h3-15,21-22H,1-2H3,(H2,25,26,29). The largest absolute Gasteiger partial charge is 0.320 e. The first-order valence-corrected chi connectivity index (χ1v) is 10.7. The third-order valence-electron chi connectivity index (χ3n) is 5.05. The van der Waals surface area contributed by atoms with Gasteiger partial charge in [0.25, 0.3) is 5.91 Å². The Morgan fingerprint density at radius 3 is 2.47 bits per heavy atom. The summed E-state index contributed by atoms with van der Waals surface area (Å²) >= 11 is 1.44. The molecule has 0 saturated heterocycles. The summed E-state index contributed by atoms with van der Waals surface area (Å²) in [5.74, 6) is -0.162. The number of likely N-dealkylation sites (N-methyl/N-ethyl adjacent to an activating group) is 1. The van der Waals surface area contributed by atoms with E-state index in [-0.39, 0.29) is 11.2 Å². The lowest BCUT2D eigenvalue weighted by molar-refractivity contribution is -0.118. The molecule has 0 fully saturated rings. The van der Waals surface area contributed by atoms with Gasteiger partial charge in [0.15, 0.2) is 5.37 Å². The molecule has 2 unspecified atom stereocenters. The highest BCUT2D eigenvalue weighted by Crippen LogP contribution is 2.44. The number of benzene rings is 3. The van der Waals surface area contributed by atoms with Crippen molar-refractivity contribution in [2.75, 3.05) is 17.3 Å². The maximum absolute atomic E-state index is 13.2. The van der Waals surface area contributed by atoms with Crippen molar-refractivity contribution in [3.05, 3.63) is 95.6 Å². The average Bonchev–Trinajstić information content (AvgIpc) is 2.85. The fourth-order valence-corrected chi connectivity index (χ4v) is 4.95. The molecule has 30 heavy (non-hydrogen) atoms. The molecule has 2 N–H and O–H groups in total. The molecule has 1 aliphatic heterocycles. The maximum atomic E-state index is 13.2. The zero-order valence-corrected chi connectivity index (χ0v) is 17.6. The van der Waals surface area contributed by atoms with E-state index in [1.54, 1.807) is 11.9 Å². The van der Waals surface area contributed by atoms with Crippen LogP contribution in [0.25, 0.3) is 0 Å². The highest BCUT2D eigenvalue weighted by molar-refractivity contribution is 8.01. The van der Waals surface area contributed by atoms with Gasteiger partial charge in [0.2, 0.25) is 0 Å². The van der Waals surface area contributed by atoms with Crippen LogP contribution in [0.5, 0.6) is 0 Å². The number of fused-ring (bicyclic) bond motifs is 1. The Balaban J connectivity index is 1.62. The van der Waals surface area contributed by atoms with Gasteiger partial charge in [-0.1, -0.05) is 60.7 Å². The first-order valence-electron chi connectivity index (χ1n) is 9.74. The van der Waals surface area contributed by atoms with Gasteiger partial charge in [-0.25, -0.2) is 4.79 Å². The Hall–Kier alpha value is -3.25. The van der Waals surface area contributed by atoms with Gasteiger partial charge in [0.1, 0.15) is 0 Å².